The molecule has 1 fully saturated rings. The summed E-state index contributed by atoms with van der Waals surface area (Å²) in [4.78, 5) is 37.1. The number of amidine groups is 1. The molecule has 1 aliphatic rings. The second kappa shape index (κ2) is 8.21. The standard InChI is InChI=1S/C22H22N4O2S/c1-3-25-14-18(19(27)17-10-9-15(2)24-20(17)25)21(28)26-11-12-29-22(26)23-13-16-7-5-4-6-8-16/h4-10,14H,3,11-13H2,1-2H3. The Balaban J connectivity index is 1.70. The lowest BCUT2D eigenvalue weighted by Gasteiger charge is -2.17. The van der Waals surface area contributed by atoms with E-state index in [1.54, 1.807) is 35.0 Å². The summed E-state index contributed by atoms with van der Waals surface area (Å²) < 4.78 is 1.86. The Morgan fingerprint density at radius 3 is 2.76 bits per heavy atom. The van der Waals surface area contributed by atoms with Crippen LogP contribution in [0.4, 0.5) is 0 Å². The number of carbonyl (C=O) groups is 1. The number of thioether (sulfide) groups is 1. The number of aromatic nitrogens is 2. The van der Waals surface area contributed by atoms with Crippen LogP contribution in [-0.4, -0.2) is 37.8 Å². The van der Waals surface area contributed by atoms with Crippen molar-refractivity contribution in [2.75, 3.05) is 12.3 Å². The smallest absolute Gasteiger partial charge is 0.265 e. The second-order valence-corrected chi connectivity index (χ2v) is 7.93. The molecule has 1 saturated heterocycles. The van der Waals surface area contributed by atoms with E-state index in [-0.39, 0.29) is 16.9 Å². The third-order valence-electron chi connectivity index (χ3n) is 4.89. The molecule has 0 spiro atoms. The van der Waals surface area contributed by atoms with E-state index in [4.69, 9.17) is 0 Å². The first-order chi connectivity index (χ1) is 14.1. The van der Waals surface area contributed by atoms with Gasteiger partial charge in [-0.2, -0.15) is 0 Å². The molecule has 0 saturated carbocycles. The minimum Gasteiger partial charge on any atom is -0.332 e. The zero-order valence-electron chi connectivity index (χ0n) is 16.5. The summed E-state index contributed by atoms with van der Waals surface area (Å²) in [5.41, 5.74) is 2.43. The van der Waals surface area contributed by atoms with Crippen molar-refractivity contribution in [1.82, 2.24) is 14.5 Å². The number of rotatable bonds is 4. The highest BCUT2D eigenvalue weighted by atomic mass is 32.2. The molecule has 0 unspecified atom stereocenters. The molecule has 1 aromatic carbocycles. The lowest BCUT2D eigenvalue weighted by Crippen LogP contribution is -2.35. The number of nitrogens with zero attached hydrogens (tertiary/aromatic N) is 4. The van der Waals surface area contributed by atoms with Crippen LogP contribution in [0.15, 0.2) is 58.4 Å². The van der Waals surface area contributed by atoms with E-state index in [0.717, 1.165) is 17.0 Å². The maximum Gasteiger partial charge on any atom is 0.265 e. The van der Waals surface area contributed by atoms with Crippen molar-refractivity contribution in [2.24, 2.45) is 4.99 Å². The summed E-state index contributed by atoms with van der Waals surface area (Å²) in [5, 5.41) is 1.14. The fraction of sp³-hybridized carbons (Fsp3) is 0.273. The highest BCUT2D eigenvalue weighted by Gasteiger charge is 2.29. The molecule has 2 aromatic heterocycles. The summed E-state index contributed by atoms with van der Waals surface area (Å²) in [6.45, 7) is 5.54. The number of amides is 1. The predicted molar refractivity (Wildman–Crippen MR) is 117 cm³/mol. The molecule has 4 rings (SSSR count). The first-order valence-corrected chi connectivity index (χ1v) is 10.6. The zero-order chi connectivity index (χ0) is 20.4. The molecule has 3 aromatic rings. The molecule has 0 aliphatic carbocycles. The number of fused-ring (bicyclic) bond motifs is 1. The van der Waals surface area contributed by atoms with E-state index in [2.05, 4.69) is 9.98 Å². The monoisotopic (exact) mass is 406 g/mol. The van der Waals surface area contributed by atoms with Gasteiger partial charge in [0.15, 0.2) is 5.17 Å². The van der Waals surface area contributed by atoms with Gasteiger partial charge in [0.25, 0.3) is 5.91 Å². The summed E-state index contributed by atoms with van der Waals surface area (Å²) in [7, 11) is 0. The van der Waals surface area contributed by atoms with Gasteiger partial charge < -0.3 is 4.57 Å². The van der Waals surface area contributed by atoms with E-state index < -0.39 is 0 Å². The Morgan fingerprint density at radius 1 is 1.21 bits per heavy atom. The average molecular weight is 407 g/mol. The van der Waals surface area contributed by atoms with E-state index in [1.165, 1.54) is 0 Å². The van der Waals surface area contributed by atoms with Gasteiger partial charge in [-0.25, -0.2) is 4.98 Å². The summed E-state index contributed by atoms with van der Waals surface area (Å²) in [6, 6.07) is 13.5. The van der Waals surface area contributed by atoms with Crippen molar-refractivity contribution in [2.45, 2.75) is 26.9 Å². The number of pyridine rings is 2. The van der Waals surface area contributed by atoms with Crippen molar-refractivity contribution >= 4 is 33.9 Å². The Labute approximate surface area is 173 Å². The quantitative estimate of drug-likeness (QED) is 0.665. The van der Waals surface area contributed by atoms with Crippen LogP contribution in [0.25, 0.3) is 11.0 Å². The fourth-order valence-corrected chi connectivity index (χ4v) is 4.30. The number of carbonyl (C=O) groups excluding carboxylic acids is 1. The van der Waals surface area contributed by atoms with Crippen LogP contribution in [0.1, 0.15) is 28.5 Å². The summed E-state index contributed by atoms with van der Waals surface area (Å²) in [5.74, 6) is 0.479. The fourth-order valence-electron chi connectivity index (χ4n) is 3.36. The van der Waals surface area contributed by atoms with Crippen molar-refractivity contribution in [3.63, 3.8) is 0 Å². The molecule has 3 heterocycles. The number of hydrogen-bond acceptors (Lipinski definition) is 5. The Kier molecular flexibility index (Phi) is 5.49. The molecule has 1 aliphatic heterocycles. The SMILES string of the molecule is CCn1cc(C(=O)N2CCSC2=NCc2ccccc2)c(=O)c2ccc(C)nc21. The molecule has 0 bridgehead atoms. The van der Waals surface area contributed by atoms with Crippen molar-refractivity contribution in [3.8, 4) is 0 Å². The number of hydrogen-bond donors (Lipinski definition) is 0. The van der Waals surface area contributed by atoms with Gasteiger partial charge in [-0.1, -0.05) is 42.1 Å². The number of aryl methyl sites for hydroxylation is 2. The van der Waals surface area contributed by atoms with Gasteiger partial charge in [0.1, 0.15) is 11.2 Å². The van der Waals surface area contributed by atoms with Crippen LogP contribution in [-0.2, 0) is 13.1 Å². The number of aliphatic imine (C=N–C) groups is 1. The van der Waals surface area contributed by atoms with Gasteiger partial charge in [0.05, 0.1) is 11.9 Å². The average Bonchev–Trinajstić information content (AvgIpc) is 3.21. The van der Waals surface area contributed by atoms with E-state index in [9.17, 15) is 9.59 Å². The third kappa shape index (κ3) is 3.82. The highest BCUT2D eigenvalue weighted by Crippen LogP contribution is 2.21. The van der Waals surface area contributed by atoms with Crippen LogP contribution in [0.3, 0.4) is 0 Å². The van der Waals surface area contributed by atoms with Gasteiger partial charge in [0.2, 0.25) is 5.43 Å². The van der Waals surface area contributed by atoms with Gasteiger partial charge in [-0.05, 0) is 31.5 Å². The molecular weight excluding hydrogens is 384 g/mol. The van der Waals surface area contributed by atoms with Crippen LogP contribution in [0.2, 0.25) is 0 Å². The highest BCUT2D eigenvalue weighted by molar-refractivity contribution is 8.14. The first kappa shape index (κ1) is 19.4. The Morgan fingerprint density at radius 2 is 2.00 bits per heavy atom. The van der Waals surface area contributed by atoms with Gasteiger partial charge in [-0.3, -0.25) is 19.5 Å². The largest absolute Gasteiger partial charge is 0.332 e. The lowest BCUT2D eigenvalue weighted by atomic mass is 10.1. The molecule has 1 amide bonds. The molecular formula is C22H22N4O2S. The predicted octanol–water partition coefficient (Wildman–Crippen LogP) is 3.47. The topological polar surface area (TPSA) is 67.6 Å². The second-order valence-electron chi connectivity index (χ2n) is 6.87. The minimum absolute atomic E-state index is 0.167. The molecule has 148 valence electrons. The molecule has 6 nitrogen and oxygen atoms in total. The van der Waals surface area contributed by atoms with Crippen LogP contribution >= 0.6 is 11.8 Å². The number of benzene rings is 1. The van der Waals surface area contributed by atoms with Gasteiger partial charge in [-0.15, -0.1) is 0 Å². The molecule has 0 N–H and O–H groups in total. The molecule has 0 radical (unpaired) electrons. The van der Waals surface area contributed by atoms with Gasteiger partial charge >= 0.3 is 0 Å². The minimum atomic E-state index is -0.295. The maximum atomic E-state index is 13.3. The van der Waals surface area contributed by atoms with E-state index in [0.29, 0.717) is 35.8 Å². The van der Waals surface area contributed by atoms with Crippen molar-refractivity contribution < 1.29 is 4.79 Å². The van der Waals surface area contributed by atoms with Crippen molar-refractivity contribution in [3.05, 3.63) is 75.7 Å². The summed E-state index contributed by atoms with van der Waals surface area (Å²) in [6.07, 6.45) is 1.64. The van der Waals surface area contributed by atoms with Crippen LogP contribution in [0, 0.1) is 6.92 Å². The molecule has 7 heteroatoms. The van der Waals surface area contributed by atoms with E-state index in [1.807, 2.05) is 48.7 Å². The van der Waals surface area contributed by atoms with Gasteiger partial charge in [0, 0.05) is 30.7 Å². The van der Waals surface area contributed by atoms with Crippen LogP contribution < -0.4 is 5.43 Å². The maximum absolute atomic E-state index is 13.3. The van der Waals surface area contributed by atoms with E-state index >= 15 is 0 Å². The first-order valence-electron chi connectivity index (χ1n) is 9.62. The Bertz CT molecular complexity index is 1150. The third-order valence-corrected chi connectivity index (χ3v) is 5.89. The molecule has 29 heavy (non-hydrogen) atoms. The van der Waals surface area contributed by atoms with Crippen LogP contribution in [0.5, 0.6) is 0 Å². The normalized spacial score (nSPS) is 15.4. The van der Waals surface area contributed by atoms with Crippen molar-refractivity contribution in [1.29, 1.82) is 0 Å². The molecule has 0 atom stereocenters. The summed E-state index contributed by atoms with van der Waals surface area (Å²) >= 11 is 1.55. The zero-order valence-corrected chi connectivity index (χ0v) is 17.3. The Hall–Kier alpha value is -2.93. The lowest BCUT2D eigenvalue weighted by molar-refractivity contribution is 0.0857.